The second kappa shape index (κ2) is 6.98. The minimum absolute atomic E-state index is 0.152. The van der Waals surface area contributed by atoms with Gasteiger partial charge in [0.05, 0.1) is 33.5 Å². The van der Waals surface area contributed by atoms with E-state index < -0.39 is 0 Å². The van der Waals surface area contributed by atoms with Crippen molar-refractivity contribution in [3.63, 3.8) is 0 Å². The molecular formula is C21H23NO7. The molecule has 4 atom stereocenters. The Kier molecular flexibility index (Phi) is 4.42. The van der Waals surface area contributed by atoms with Crippen molar-refractivity contribution in [2.75, 3.05) is 34.9 Å². The summed E-state index contributed by atoms with van der Waals surface area (Å²) in [7, 11) is 4.78. The van der Waals surface area contributed by atoms with Gasteiger partial charge in [-0.1, -0.05) is 0 Å². The first-order valence-electron chi connectivity index (χ1n) is 9.38. The van der Waals surface area contributed by atoms with Gasteiger partial charge in [-0.15, -0.1) is 0 Å². The van der Waals surface area contributed by atoms with Gasteiger partial charge >= 0.3 is 0 Å². The fourth-order valence-electron chi connectivity index (χ4n) is 4.52. The Morgan fingerprint density at radius 1 is 0.793 bits per heavy atom. The summed E-state index contributed by atoms with van der Waals surface area (Å²) in [5.74, 6) is 2.94. The van der Waals surface area contributed by atoms with E-state index in [-0.39, 0.29) is 37.8 Å². The van der Waals surface area contributed by atoms with Crippen LogP contribution in [-0.2, 0) is 9.47 Å². The summed E-state index contributed by atoms with van der Waals surface area (Å²) < 4.78 is 39.6. The van der Waals surface area contributed by atoms with Gasteiger partial charge in [0.15, 0.2) is 23.0 Å². The summed E-state index contributed by atoms with van der Waals surface area (Å²) >= 11 is 0. The van der Waals surface area contributed by atoms with E-state index >= 15 is 0 Å². The SMILES string of the molecule is COc1cc([C@@H]2c3cc4c(cc3[C@H](N)[C@@H]3OCO[C@H]23)OCO4)cc(OC)c1OC. The molecule has 8 nitrogen and oxygen atoms in total. The lowest BCUT2D eigenvalue weighted by molar-refractivity contribution is 0.0349. The molecule has 0 amide bonds. The van der Waals surface area contributed by atoms with Crippen molar-refractivity contribution in [2.24, 2.45) is 5.73 Å². The fourth-order valence-corrected chi connectivity index (χ4v) is 4.52. The molecule has 2 aromatic carbocycles. The van der Waals surface area contributed by atoms with Crippen LogP contribution in [0.1, 0.15) is 28.7 Å². The summed E-state index contributed by atoms with van der Waals surface area (Å²) in [5, 5.41) is 0. The molecule has 5 rings (SSSR count). The quantitative estimate of drug-likeness (QED) is 0.835. The monoisotopic (exact) mass is 401 g/mol. The molecule has 0 unspecified atom stereocenters. The van der Waals surface area contributed by atoms with Crippen LogP contribution in [0, 0.1) is 0 Å². The first kappa shape index (κ1) is 18.4. The van der Waals surface area contributed by atoms with E-state index in [9.17, 15) is 0 Å². The van der Waals surface area contributed by atoms with Crippen LogP contribution >= 0.6 is 0 Å². The first-order chi connectivity index (χ1) is 14.2. The van der Waals surface area contributed by atoms with Crippen LogP contribution in [0.2, 0.25) is 0 Å². The zero-order chi connectivity index (χ0) is 20.1. The van der Waals surface area contributed by atoms with Crippen LogP contribution in [-0.4, -0.2) is 47.1 Å². The molecule has 1 fully saturated rings. The Bertz CT molecular complexity index is 922. The molecule has 0 spiro atoms. The Labute approximate surface area is 168 Å². The van der Waals surface area contributed by atoms with Gasteiger partial charge in [0, 0.05) is 5.92 Å². The fraction of sp³-hybridized carbons (Fsp3) is 0.429. The summed E-state index contributed by atoms with van der Waals surface area (Å²) in [4.78, 5) is 0. The van der Waals surface area contributed by atoms with Crippen LogP contribution in [0.3, 0.4) is 0 Å². The number of hydrogen-bond acceptors (Lipinski definition) is 8. The van der Waals surface area contributed by atoms with Gasteiger partial charge < -0.3 is 38.9 Å². The lowest BCUT2D eigenvalue weighted by Gasteiger charge is -2.38. The van der Waals surface area contributed by atoms with E-state index in [2.05, 4.69) is 0 Å². The molecular weight excluding hydrogens is 378 g/mol. The van der Waals surface area contributed by atoms with Gasteiger partial charge in [-0.2, -0.15) is 0 Å². The van der Waals surface area contributed by atoms with Crippen molar-refractivity contribution in [3.8, 4) is 28.7 Å². The molecule has 3 aliphatic rings. The molecule has 2 aromatic rings. The smallest absolute Gasteiger partial charge is 0.231 e. The standard InChI is InChI=1S/C21H23NO7/c1-23-15-4-10(5-16(24-2)19(15)25-3)17-11-6-13-14(27-8-26-13)7-12(11)18(22)21-20(17)28-9-29-21/h4-7,17-18,20-21H,8-9,22H2,1-3H3/t17-,18+,20-,21+/m1/s1. The van der Waals surface area contributed by atoms with Crippen LogP contribution in [0.15, 0.2) is 24.3 Å². The maximum Gasteiger partial charge on any atom is 0.231 e. The number of ether oxygens (including phenoxy) is 7. The minimum Gasteiger partial charge on any atom is -0.493 e. The van der Waals surface area contributed by atoms with E-state index in [1.54, 1.807) is 21.3 Å². The minimum atomic E-state index is -0.328. The average Bonchev–Trinajstić information content (AvgIpc) is 3.41. The number of benzene rings is 2. The van der Waals surface area contributed by atoms with E-state index in [4.69, 9.17) is 38.9 Å². The molecule has 154 valence electrons. The van der Waals surface area contributed by atoms with Crippen molar-refractivity contribution >= 4 is 0 Å². The molecule has 8 heteroatoms. The van der Waals surface area contributed by atoms with Crippen molar-refractivity contribution < 1.29 is 33.2 Å². The average molecular weight is 401 g/mol. The predicted molar refractivity (Wildman–Crippen MR) is 102 cm³/mol. The zero-order valence-corrected chi connectivity index (χ0v) is 16.5. The van der Waals surface area contributed by atoms with Gasteiger partial charge in [0.2, 0.25) is 12.5 Å². The molecule has 2 heterocycles. The highest BCUT2D eigenvalue weighted by atomic mass is 16.7. The molecule has 0 radical (unpaired) electrons. The Balaban J connectivity index is 1.71. The van der Waals surface area contributed by atoms with E-state index in [1.807, 2.05) is 24.3 Å². The number of fused-ring (bicyclic) bond motifs is 3. The van der Waals surface area contributed by atoms with Crippen LogP contribution < -0.4 is 29.4 Å². The van der Waals surface area contributed by atoms with Crippen LogP contribution in [0.25, 0.3) is 0 Å². The van der Waals surface area contributed by atoms with Crippen molar-refractivity contribution in [1.29, 1.82) is 0 Å². The normalized spacial score (nSPS) is 26.6. The van der Waals surface area contributed by atoms with E-state index in [1.165, 1.54) is 0 Å². The summed E-state index contributed by atoms with van der Waals surface area (Å²) in [6.07, 6.45) is -0.521. The van der Waals surface area contributed by atoms with Crippen molar-refractivity contribution in [1.82, 2.24) is 0 Å². The molecule has 2 aliphatic heterocycles. The number of methoxy groups -OCH3 is 3. The second-order valence-corrected chi connectivity index (χ2v) is 7.18. The van der Waals surface area contributed by atoms with Gasteiger partial charge in [-0.25, -0.2) is 0 Å². The third kappa shape index (κ3) is 2.71. The topological polar surface area (TPSA) is 90.6 Å². The van der Waals surface area contributed by atoms with Gasteiger partial charge in [-0.05, 0) is 41.0 Å². The lowest BCUT2D eigenvalue weighted by Crippen LogP contribution is -2.43. The zero-order valence-electron chi connectivity index (χ0n) is 16.5. The third-order valence-corrected chi connectivity index (χ3v) is 5.85. The van der Waals surface area contributed by atoms with Gasteiger partial charge in [-0.3, -0.25) is 0 Å². The molecule has 0 bridgehead atoms. The molecule has 29 heavy (non-hydrogen) atoms. The maximum atomic E-state index is 6.55. The Hall–Kier alpha value is -2.68. The largest absolute Gasteiger partial charge is 0.493 e. The highest BCUT2D eigenvalue weighted by Gasteiger charge is 2.48. The van der Waals surface area contributed by atoms with Crippen LogP contribution in [0.4, 0.5) is 0 Å². The maximum absolute atomic E-state index is 6.55. The van der Waals surface area contributed by atoms with Gasteiger partial charge in [0.25, 0.3) is 0 Å². The van der Waals surface area contributed by atoms with E-state index in [0.29, 0.717) is 28.7 Å². The first-order valence-corrected chi connectivity index (χ1v) is 9.38. The molecule has 2 N–H and O–H groups in total. The second-order valence-electron chi connectivity index (χ2n) is 7.18. The van der Waals surface area contributed by atoms with Crippen LogP contribution in [0.5, 0.6) is 28.7 Å². The molecule has 1 saturated heterocycles. The Morgan fingerprint density at radius 2 is 1.41 bits per heavy atom. The van der Waals surface area contributed by atoms with Crippen molar-refractivity contribution in [2.45, 2.75) is 24.2 Å². The van der Waals surface area contributed by atoms with Crippen molar-refractivity contribution in [3.05, 3.63) is 41.0 Å². The summed E-state index contributed by atoms with van der Waals surface area (Å²) in [5.41, 5.74) is 9.48. The van der Waals surface area contributed by atoms with Gasteiger partial charge in [0.1, 0.15) is 12.9 Å². The highest BCUT2D eigenvalue weighted by Crippen LogP contribution is 2.51. The molecule has 0 saturated carbocycles. The summed E-state index contributed by atoms with van der Waals surface area (Å²) in [6, 6.07) is 7.49. The predicted octanol–water partition coefficient (Wildman–Crippen LogP) is 2.33. The number of rotatable bonds is 4. The number of nitrogens with two attached hydrogens (primary N) is 1. The number of hydrogen-bond donors (Lipinski definition) is 1. The lowest BCUT2D eigenvalue weighted by atomic mass is 9.73. The summed E-state index contributed by atoms with van der Waals surface area (Å²) in [6.45, 7) is 0.396. The third-order valence-electron chi connectivity index (χ3n) is 5.85. The highest BCUT2D eigenvalue weighted by molar-refractivity contribution is 5.59. The Morgan fingerprint density at radius 3 is 2.03 bits per heavy atom. The molecule has 1 aliphatic carbocycles. The molecule has 0 aromatic heterocycles. The van der Waals surface area contributed by atoms with E-state index in [0.717, 1.165) is 16.7 Å².